The lowest BCUT2D eigenvalue weighted by atomic mass is 10.1. The summed E-state index contributed by atoms with van der Waals surface area (Å²) in [7, 11) is 0. The molecule has 2 unspecified atom stereocenters. The topological polar surface area (TPSA) is 44.7 Å². The highest BCUT2D eigenvalue weighted by atomic mass is 16.5. The number of hydrogen-bond donors (Lipinski definition) is 2. The molecule has 2 fully saturated rings. The highest BCUT2D eigenvalue weighted by Gasteiger charge is 2.36. The Hall–Kier alpha value is -1.26. The number of benzene rings is 1. The Morgan fingerprint density at radius 1 is 1.35 bits per heavy atom. The van der Waals surface area contributed by atoms with E-state index < -0.39 is 0 Å². The number of anilines is 1. The third-order valence-corrected chi connectivity index (χ3v) is 4.49. The second kappa shape index (κ2) is 6.02. The summed E-state index contributed by atoms with van der Waals surface area (Å²) in [5, 5.41) is 13.1. The highest BCUT2D eigenvalue weighted by molar-refractivity contribution is 5.52. The molecule has 4 heteroatoms. The minimum absolute atomic E-state index is 0.0189. The normalized spacial score (nSPS) is 25.7. The molecule has 0 aromatic heterocycles. The predicted molar refractivity (Wildman–Crippen MR) is 80.2 cm³/mol. The quantitative estimate of drug-likeness (QED) is 0.865. The monoisotopic (exact) mass is 276 g/mol. The van der Waals surface area contributed by atoms with Gasteiger partial charge in [0.1, 0.15) is 5.75 Å². The molecular weight excluding hydrogens is 252 g/mol. The molecule has 2 saturated heterocycles. The fourth-order valence-electron chi connectivity index (χ4n) is 3.55. The maximum atomic E-state index is 9.46. The number of nitrogens with one attached hydrogen (secondary N) is 1. The zero-order chi connectivity index (χ0) is 13.9. The molecule has 2 N–H and O–H groups in total. The molecule has 0 amide bonds. The molecule has 0 saturated carbocycles. The molecule has 2 heterocycles. The molecule has 4 nitrogen and oxygen atoms in total. The van der Waals surface area contributed by atoms with Crippen molar-refractivity contribution < 1.29 is 9.84 Å². The zero-order valence-corrected chi connectivity index (χ0v) is 12.1. The van der Waals surface area contributed by atoms with E-state index in [0.717, 1.165) is 17.0 Å². The summed E-state index contributed by atoms with van der Waals surface area (Å²) < 4.78 is 5.53. The van der Waals surface area contributed by atoms with E-state index in [9.17, 15) is 5.11 Å². The van der Waals surface area contributed by atoms with Gasteiger partial charge in [-0.15, -0.1) is 0 Å². The van der Waals surface area contributed by atoms with E-state index in [1.54, 1.807) is 0 Å². The summed E-state index contributed by atoms with van der Waals surface area (Å²) in [6, 6.07) is 7.27. The Balaban J connectivity index is 1.71. The van der Waals surface area contributed by atoms with Crippen LogP contribution < -0.4 is 10.1 Å². The van der Waals surface area contributed by atoms with E-state index in [0.29, 0.717) is 18.7 Å². The van der Waals surface area contributed by atoms with Crippen LogP contribution in [-0.4, -0.2) is 41.8 Å². The van der Waals surface area contributed by atoms with Crippen LogP contribution in [0.3, 0.4) is 0 Å². The van der Waals surface area contributed by atoms with Crippen LogP contribution in [0.2, 0.25) is 0 Å². The number of rotatable bonds is 5. The van der Waals surface area contributed by atoms with Crippen LogP contribution in [0.25, 0.3) is 0 Å². The van der Waals surface area contributed by atoms with Crippen LogP contribution in [0, 0.1) is 0 Å². The zero-order valence-electron chi connectivity index (χ0n) is 12.1. The predicted octanol–water partition coefficient (Wildman–Crippen LogP) is 2.23. The van der Waals surface area contributed by atoms with E-state index in [1.165, 1.54) is 32.4 Å². The molecule has 0 radical (unpaired) electrons. The van der Waals surface area contributed by atoms with Crippen LogP contribution >= 0.6 is 0 Å². The van der Waals surface area contributed by atoms with Gasteiger partial charge in [0.2, 0.25) is 0 Å². The molecule has 2 aliphatic heterocycles. The Morgan fingerprint density at radius 2 is 2.25 bits per heavy atom. The first-order chi connectivity index (χ1) is 9.81. The van der Waals surface area contributed by atoms with E-state index in [4.69, 9.17) is 4.74 Å². The summed E-state index contributed by atoms with van der Waals surface area (Å²) in [6.45, 7) is 5.07. The number of ether oxygens (including phenoxy) is 1. The Kier molecular flexibility index (Phi) is 4.13. The minimum atomic E-state index is 0.0189. The van der Waals surface area contributed by atoms with E-state index in [2.05, 4.69) is 16.3 Å². The first-order valence-corrected chi connectivity index (χ1v) is 7.69. The van der Waals surface area contributed by atoms with Gasteiger partial charge in [-0.1, -0.05) is 0 Å². The molecule has 0 aliphatic carbocycles. The fourth-order valence-corrected chi connectivity index (χ4v) is 3.55. The summed E-state index contributed by atoms with van der Waals surface area (Å²) >= 11 is 0. The molecule has 20 heavy (non-hydrogen) atoms. The van der Waals surface area contributed by atoms with E-state index >= 15 is 0 Å². The number of aliphatic hydroxyl groups is 1. The molecule has 2 aliphatic rings. The Bertz CT molecular complexity index is 464. The van der Waals surface area contributed by atoms with Gasteiger partial charge in [0.25, 0.3) is 0 Å². The van der Waals surface area contributed by atoms with Crippen molar-refractivity contribution in [2.45, 2.75) is 44.9 Å². The molecule has 2 atom stereocenters. The summed E-state index contributed by atoms with van der Waals surface area (Å²) in [6.07, 6.45) is 3.85. The van der Waals surface area contributed by atoms with Crippen molar-refractivity contribution in [3.63, 3.8) is 0 Å². The van der Waals surface area contributed by atoms with Crippen LogP contribution in [0.1, 0.15) is 31.7 Å². The maximum absolute atomic E-state index is 9.46. The van der Waals surface area contributed by atoms with Crippen molar-refractivity contribution in [3.05, 3.63) is 23.8 Å². The number of hydrogen-bond acceptors (Lipinski definition) is 4. The average Bonchev–Trinajstić information content (AvgIpc) is 3.06. The fraction of sp³-hybridized carbons (Fsp3) is 0.625. The first kappa shape index (κ1) is 13.7. The second-order valence-electron chi connectivity index (χ2n) is 5.70. The van der Waals surface area contributed by atoms with Crippen molar-refractivity contribution in [2.75, 3.05) is 25.0 Å². The van der Waals surface area contributed by atoms with Crippen LogP contribution in [0.4, 0.5) is 5.69 Å². The summed E-state index contributed by atoms with van der Waals surface area (Å²) in [4.78, 5) is 2.60. The summed E-state index contributed by atoms with van der Waals surface area (Å²) in [5.41, 5.74) is 1.95. The van der Waals surface area contributed by atoms with Crippen molar-refractivity contribution in [1.29, 1.82) is 0 Å². The Morgan fingerprint density at radius 3 is 3.05 bits per heavy atom. The van der Waals surface area contributed by atoms with Crippen molar-refractivity contribution in [2.24, 2.45) is 0 Å². The molecular formula is C16H24N2O2. The van der Waals surface area contributed by atoms with Gasteiger partial charge in [0, 0.05) is 29.9 Å². The average molecular weight is 276 g/mol. The van der Waals surface area contributed by atoms with Gasteiger partial charge in [0.05, 0.1) is 13.2 Å². The van der Waals surface area contributed by atoms with Gasteiger partial charge < -0.3 is 15.2 Å². The number of aliphatic hydroxyl groups excluding tert-OH is 1. The van der Waals surface area contributed by atoms with E-state index in [-0.39, 0.29) is 6.61 Å². The standard InChI is InChI=1S/C16H24N2O2/c1-2-20-16-6-5-13(10-12(16)11-19)17-14-7-9-18-8-3-4-15(14)18/h5-6,10,14-15,17,19H,2-4,7-9,11H2,1H3. The third kappa shape index (κ3) is 2.63. The lowest BCUT2D eigenvalue weighted by Crippen LogP contribution is -2.33. The smallest absolute Gasteiger partial charge is 0.124 e. The van der Waals surface area contributed by atoms with Gasteiger partial charge in [-0.05, 0) is 50.9 Å². The highest BCUT2D eigenvalue weighted by Crippen LogP contribution is 2.31. The molecule has 3 rings (SSSR count). The van der Waals surface area contributed by atoms with Gasteiger partial charge in [-0.2, -0.15) is 0 Å². The second-order valence-corrected chi connectivity index (χ2v) is 5.70. The maximum Gasteiger partial charge on any atom is 0.124 e. The van der Waals surface area contributed by atoms with E-state index in [1.807, 2.05) is 19.1 Å². The van der Waals surface area contributed by atoms with Crippen LogP contribution in [0.15, 0.2) is 18.2 Å². The molecule has 0 spiro atoms. The van der Waals surface area contributed by atoms with Crippen molar-refractivity contribution in [1.82, 2.24) is 4.90 Å². The van der Waals surface area contributed by atoms with Crippen LogP contribution in [0.5, 0.6) is 5.75 Å². The van der Waals surface area contributed by atoms with Gasteiger partial charge in [-0.25, -0.2) is 0 Å². The molecule has 1 aromatic rings. The SMILES string of the molecule is CCOc1ccc(NC2CCN3CCCC23)cc1CO. The minimum Gasteiger partial charge on any atom is -0.494 e. The van der Waals surface area contributed by atoms with Crippen LogP contribution in [-0.2, 0) is 6.61 Å². The Labute approximate surface area is 120 Å². The number of nitrogens with zero attached hydrogens (tertiary/aromatic N) is 1. The van der Waals surface area contributed by atoms with Gasteiger partial charge >= 0.3 is 0 Å². The molecule has 1 aromatic carbocycles. The van der Waals surface area contributed by atoms with Crippen molar-refractivity contribution >= 4 is 5.69 Å². The van der Waals surface area contributed by atoms with Crippen molar-refractivity contribution in [3.8, 4) is 5.75 Å². The lowest BCUT2D eigenvalue weighted by molar-refractivity contribution is 0.267. The number of fused-ring (bicyclic) bond motifs is 1. The van der Waals surface area contributed by atoms with Gasteiger partial charge in [0.15, 0.2) is 0 Å². The largest absolute Gasteiger partial charge is 0.494 e. The third-order valence-electron chi connectivity index (χ3n) is 4.49. The first-order valence-electron chi connectivity index (χ1n) is 7.69. The lowest BCUT2D eigenvalue weighted by Gasteiger charge is -2.22. The summed E-state index contributed by atoms with van der Waals surface area (Å²) in [5.74, 6) is 0.787. The molecule has 110 valence electrons. The van der Waals surface area contributed by atoms with Gasteiger partial charge in [-0.3, -0.25) is 4.90 Å². The molecule has 0 bridgehead atoms.